The molecule has 3 nitrogen and oxygen atoms in total. The molecule has 0 rings (SSSR count). The van der Waals surface area contributed by atoms with Crippen molar-refractivity contribution in [3.63, 3.8) is 0 Å². The van der Waals surface area contributed by atoms with Crippen molar-refractivity contribution in [2.75, 3.05) is 0 Å². The van der Waals surface area contributed by atoms with Gasteiger partial charge in [0.05, 0.1) is 0 Å². The van der Waals surface area contributed by atoms with Crippen LogP contribution in [0.25, 0.3) is 0 Å². The second-order valence-corrected chi connectivity index (χ2v) is 0.0816. The summed E-state index contributed by atoms with van der Waals surface area (Å²) in [5, 5.41) is 15.5. The molecule has 0 amide bonds. The fourth-order valence-electron chi connectivity index (χ4n) is 0. The van der Waals surface area contributed by atoms with Crippen LogP contribution in [0.4, 0.5) is 0 Å². The predicted molar refractivity (Wildman–Crippen MR) is 6.34 cm³/mol. The van der Waals surface area contributed by atoms with Gasteiger partial charge in [0.25, 0.3) is 0 Å². The van der Waals surface area contributed by atoms with Gasteiger partial charge in [0.15, 0.2) is 0 Å². The van der Waals surface area contributed by atoms with Crippen LogP contribution in [0.15, 0.2) is 0 Å². The Morgan fingerprint density at radius 1 is 1.20 bits per heavy atom. The Kier molecular flexibility index (Phi) is 60.7. The van der Waals surface area contributed by atoms with E-state index in [1.165, 1.54) is 0 Å². The zero-order valence-electron chi connectivity index (χ0n) is 2.23. The van der Waals surface area contributed by atoms with E-state index < -0.39 is 0 Å². The summed E-state index contributed by atoms with van der Waals surface area (Å²) in [5.74, 6) is 0. The summed E-state index contributed by atoms with van der Waals surface area (Å²) in [6, 6.07) is 0. The number of rotatable bonds is 0. The van der Waals surface area contributed by atoms with Crippen molar-refractivity contribution < 1.29 is 58.5 Å². The topological polar surface area (TPSA) is 49.7 Å². The summed E-state index contributed by atoms with van der Waals surface area (Å²) in [5.41, 5.74) is 0. The van der Waals surface area contributed by atoms with Crippen LogP contribution < -0.4 is 0 Å². The summed E-state index contributed by atoms with van der Waals surface area (Å²) >= 11 is 0. The molecule has 0 spiro atoms. The smallest absolute Gasteiger partial charge is 0 e. The molecule has 1 radical (unpaired) electrons. The zero-order chi connectivity index (χ0) is 2.71. The molecule has 0 saturated heterocycles. The second kappa shape index (κ2) is 18.6. The minimum atomic E-state index is 0. The van der Waals surface area contributed by atoms with Crippen molar-refractivity contribution in [1.82, 2.24) is 0 Å². The first-order chi connectivity index (χ1) is 1.41. The van der Waals surface area contributed by atoms with Crippen molar-refractivity contribution in [1.29, 1.82) is 0 Å². The van der Waals surface area contributed by atoms with Gasteiger partial charge in [-0.3, -0.25) is 0 Å². The standard InChI is InChI=1S/Fe.H2O3.Sc/c;1-3-2;/h;1-2H;. The van der Waals surface area contributed by atoms with Gasteiger partial charge in [0.1, 0.15) is 0 Å². The molecule has 0 aromatic heterocycles. The monoisotopic (exact) mass is 151 g/mol. The molecule has 0 aliphatic carbocycles. The summed E-state index contributed by atoms with van der Waals surface area (Å²) < 4.78 is 0. The summed E-state index contributed by atoms with van der Waals surface area (Å²) in [7, 11) is 0. The van der Waals surface area contributed by atoms with Crippen LogP contribution in [0.2, 0.25) is 0 Å². The molecule has 5 heteroatoms. The van der Waals surface area contributed by atoms with E-state index in [1.807, 2.05) is 0 Å². The van der Waals surface area contributed by atoms with E-state index >= 15 is 0 Å². The molecular formula is H2FeO3Sc. The van der Waals surface area contributed by atoms with Crippen LogP contribution in [-0.2, 0) is 48.0 Å². The molecular weight excluding hydrogens is 149 g/mol. The van der Waals surface area contributed by atoms with Gasteiger partial charge in [-0.25, -0.2) is 10.5 Å². The van der Waals surface area contributed by atoms with E-state index in [0.29, 0.717) is 0 Å². The molecule has 0 aliphatic heterocycles. The van der Waals surface area contributed by atoms with Gasteiger partial charge >= 0.3 is 0 Å². The summed E-state index contributed by atoms with van der Waals surface area (Å²) in [4.78, 5) is 0. The Bertz CT molecular complexity index is 6.85. The van der Waals surface area contributed by atoms with Crippen LogP contribution in [-0.4, -0.2) is 10.5 Å². The van der Waals surface area contributed by atoms with Crippen molar-refractivity contribution >= 4 is 0 Å². The van der Waals surface area contributed by atoms with Gasteiger partial charge in [-0.15, -0.1) is 0 Å². The third-order valence-electron chi connectivity index (χ3n) is 0. The Hall–Kier alpha value is 1.27. The normalized spacial score (nSPS) is 3.60. The number of hydrogen-bond donors (Lipinski definition) is 2. The molecule has 0 heterocycles. The van der Waals surface area contributed by atoms with Crippen LogP contribution in [0.1, 0.15) is 0 Å². The van der Waals surface area contributed by atoms with Crippen LogP contribution >= 0.6 is 0 Å². The molecule has 31 valence electrons. The molecule has 0 saturated carbocycles. The van der Waals surface area contributed by atoms with E-state index in [9.17, 15) is 0 Å². The minimum absolute atomic E-state index is 0. The summed E-state index contributed by atoms with van der Waals surface area (Å²) in [6.45, 7) is 0. The molecule has 0 aromatic rings. The molecule has 2 N–H and O–H groups in total. The van der Waals surface area contributed by atoms with Crippen LogP contribution in [0.3, 0.4) is 0 Å². The first kappa shape index (κ1) is 16.3. The SMILES string of the molecule is OOO.[Fe].[Sc]. The van der Waals surface area contributed by atoms with E-state index in [4.69, 9.17) is 10.5 Å². The van der Waals surface area contributed by atoms with Gasteiger partial charge in [0.2, 0.25) is 0 Å². The second-order valence-electron chi connectivity index (χ2n) is 0.0816. The van der Waals surface area contributed by atoms with E-state index in [1.54, 1.807) is 0 Å². The van der Waals surface area contributed by atoms with Gasteiger partial charge in [-0.05, 0) is 0 Å². The van der Waals surface area contributed by atoms with Gasteiger partial charge in [-0.1, -0.05) is 5.04 Å². The van der Waals surface area contributed by atoms with Crippen LogP contribution in [0.5, 0.6) is 0 Å². The predicted octanol–water partition coefficient (Wildman–Crippen LogP) is -0.0560. The largest absolute Gasteiger partial charge is 0.221 e. The Labute approximate surface area is 58.4 Å². The zero-order valence-corrected chi connectivity index (χ0v) is 5.14. The van der Waals surface area contributed by atoms with Crippen molar-refractivity contribution in [3.05, 3.63) is 0 Å². The third kappa shape index (κ3) is 34.9. The average molecular weight is 151 g/mol. The maximum atomic E-state index is 6.62. The quantitative estimate of drug-likeness (QED) is 0.289. The van der Waals surface area contributed by atoms with Crippen molar-refractivity contribution in [2.24, 2.45) is 0 Å². The molecule has 0 atom stereocenters. The average Bonchev–Trinajstić information content (AvgIpc) is 0.918. The van der Waals surface area contributed by atoms with E-state index in [2.05, 4.69) is 5.04 Å². The van der Waals surface area contributed by atoms with Gasteiger partial charge in [0, 0.05) is 42.9 Å². The maximum absolute atomic E-state index is 6.62. The fourth-order valence-corrected chi connectivity index (χ4v) is 0. The molecule has 0 aromatic carbocycles. The third-order valence-corrected chi connectivity index (χ3v) is 0. The molecule has 0 unspecified atom stereocenters. The Morgan fingerprint density at radius 2 is 1.20 bits per heavy atom. The van der Waals surface area contributed by atoms with E-state index in [-0.39, 0.29) is 42.9 Å². The van der Waals surface area contributed by atoms with Crippen molar-refractivity contribution in [2.45, 2.75) is 0 Å². The first-order valence-electron chi connectivity index (χ1n) is 0.365. The molecule has 5 heavy (non-hydrogen) atoms. The molecule has 0 fully saturated rings. The number of hydrogen-bond acceptors (Lipinski definition) is 3. The van der Waals surface area contributed by atoms with Crippen LogP contribution in [0, 0.1) is 0 Å². The molecule has 0 bridgehead atoms. The first-order valence-corrected chi connectivity index (χ1v) is 0.365. The van der Waals surface area contributed by atoms with E-state index in [0.717, 1.165) is 0 Å². The fraction of sp³-hybridized carbons (Fsp3) is 0. The molecule has 0 aliphatic rings. The van der Waals surface area contributed by atoms with Gasteiger partial charge < -0.3 is 0 Å². The minimum Gasteiger partial charge on any atom is -0.221 e. The Morgan fingerprint density at radius 3 is 1.20 bits per heavy atom. The summed E-state index contributed by atoms with van der Waals surface area (Å²) in [6.07, 6.45) is 0. The Balaban J connectivity index is -0.0000000200. The maximum Gasteiger partial charge on any atom is 0 e. The van der Waals surface area contributed by atoms with Gasteiger partial charge in [-0.2, -0.15) is 0 Å². The van der Waals surface area contributed by atoms with Crippen molar-refractivity contribution in [3.8, 4) is 0 Å².